The summed E-state index contributed by atoms with van der Waals surface area (Å²) in [6.45, 7) is 5.63. The van der Waals surface area contributed by atoms with Crippen LogP contribution in [0.1, 0.15) is 27.7 Å². The molecule has 0 heterocycles. The Bertz CT molecular complexity index is 311. The average Bonchev–Trinajstić information content (AvgIpc) is 2.28. The lowest BCUT2D eigenvalue weighted by atomic mass is 10.3. The van der Waals surface area contributed by atoms with E-state index in [0.717, 1.165) is 0 Å². The fourth-order valence-electron chi connectivity index (χ4n) is 0.899. The zero-order chi connectivity index (χ0) is 14.3. The molecule has 0 saturated heterocycles. The van der Waals surface area contributed by atoms with E-state index in [0.29, 0.717) is 0 Å². The van der Waals surface area contributed by atoms with Gasteiger partial charge in [-0.25, -0.2) is 14.4 Å². The number of carbonyl (C=O) groups is 3. The summed E-state index contributed by atoms with van der Waals surface area (Å²) in [7, 11) is 0. The van der Waals surface area contributed by atoms with Gasteiger partial charge in [0.25, 0.3) is 0 Å². The molecule has 0 aliphatic rings. The molecule has 0 saturated carbocycles. The van der Waals surface area contributed by atoms with Gasteiger partial charge in [-0.3, -0.25) is 0 Å². The molecule has 7 nitrogen and oxygen atoms in total. The second kappa shape index (κ2) is 7.65. The minimum atomic E-state index is -1.33. The van der Waals surface area contributed by atoms with Gasteiger partial charge < -0.3 is 19.3 Å². The summed E-state index contributed by atoms with van der Waals surface area (Å²) in [6.07, 6.45) is -3.61. The van der Waals surface area contributed by atoms with Gasteiger partial charge >= 0.3 is 17.9 Å². The van der Waals surface area contributed by atoms with Gasteiger partial charge in [0.15, 0.2) is 12.2 Å². The molecule has 3 atom stereocenters. The van der Waals surface area contributed by atoms with Crippen molar-refractivity contribution < 1.29 is 33.7 Å². The second-order valence-electron chi connectivity index (χ2n) is 3.59. The molecule has 0 rings (SSSR count). The van der Waals surface area contributed by atoms with Crippen molar-refractivity contribution in [1.82, 2.24) is 0 Å². The number of rotatable bonds is 6. The molecule has 0 amide bonds. The van der Waals surface area contributed by atoms with E-state index in [1.54, 1.807) is 6.92 Å². The lowest BCUT2D eigenvalue weighted by Crippen LogP contribution is -2.35. The predicted molar refractivity (Wildman–Crippen MR) is 59.4 cm³/mol. The summed E-state index contributed by atoms with van der Waals surface area (Å²) < 4.78 is 14.0. The van der Waals surface area contributed by atoms with Crippen LogP contribution in [0.4, 0.5) is 0 Å². The lowest BCUT2D eigenvalue weighted by molar-refractivity contribution is -0.179. The predicted octanol–water partition coefficient (Wildman–Crippen LogP) is -0.206. The molecule has 0 unspecified atom stereocenters. The molecule has 0 aromatic heterocycles. The van der Waals surface area contributed by atoms with Crippen LogP contribution in [0.2, 0.25) is 0 Å². The molecule has 0 aliphatic heterocycles. The molecule has 104 valence electrons. The average molecular weight is 262 g/mol. The Labute approximate surface area is 105 Å². The molecule has 7 heteroatoms. The number of hydrogen-bond acceptors (Lipinski definition) is 7. The Kier molecular flexibility index (Phi) is 6.96. The first-order chi connectivity index (χ1) is 8.29. The van der Waals surface area contributed by atoms with Crippen LogP contribution in [0.3, 0.4) is 0 Å². The lowest BCUT2D eigenvalue weighted by Gasteiger charge is -2.16. The fourth-order valence-corrected chi connectivity index (χ4v) is 0.899. The first kappa shape index (κ1) is 16.4. The third-order valence-corrected chi connectivity index (χ3v) is 1.88. The number of aliphatic hydroxyl groups excluding tert-OH is 1. The van der Waals surface area contributed by atoms with Crippen molar-refractivity contribution in [2.45, 2.75) is 46.0 Å². The van der Waals surface area contributed by atoms with Crippen LogP contribution < -0.4 is 0 Å². The monoisotopic (exact) mass is 262 g/mol. The Balaban J connectivity index is 4.23. The van der Waals surface area contributed by atoms with Crippen LogP contribution >= 0.6 is 0 Å². The van der Waals surface area contributed by atoms with Crippen molar-refractivity contribution in [2.24, 2.45) is 0 Å². The first-order valence-electron chi connectivity index (χ1n) is 5.55. The maximum atomic E-state index is 11.4. The number of ether oxygens (including phenoxy) is 3. The van der Waals surface area contributed by atoms with E-state index in [9.17, 15) is 14.4 Å². The molecule has 18 heavy (non-hydrogen) atoms. The molecule has 0 aromatic rings. The van der Waals surface area contributed by atoms with Crippen molar-refractivity contribution in [3.63, 3.8) is 0 Å². The van der Waals surface area contributed by atoms with Crippen LogP contribution in [0.25, 0.3) is 0 Å². The summed E-state index contributed by atoms with van der Waals surface area (Å²) in [4.78, 5) is 33.6. The summed E-state index contributed by atoms with van der Waals surface area (Å²) in [5.41, 5.74) is 0. The topological polar surface area (TPSA) is 99.1 Å². The van der Waals surface area contributed by atoms with E-state index >= 15 is 0 Å². The molecule has 0 aliphatic carbocycles. The highest BCUT2D eigenvalue weighted by Crippen LogP contribution is 2.02. The van der Waals surface area contributed by atoms with Gasteiger partial charge in [-0.05, 0) is 27.7 Å². The van der Waals surface area contributed by atoms with Gasteiger partial charge in [0, 0.05) is 0 Å². The highest BCUT2D eigenvalue weighted by atomic mass is 16.6. The Morgan fingerprint density at radius 2 is 1.39 bits per heavy atom. The smallest absolute Gasteiger partial charge is 0.347 e. The molecule has 0 fully saturated rings. The van der Waals surface area contributed by atoms with E-state index in [4.69, 9.17) is 9.84 Å². The van der Waals surface area contributed by atoms with Crippen LogP contribution in [-0.4, -0.2) is 47.9 Å². The summed E-state index contributed by atoms with van der Waals surface area (Å²) >= 11 is 0. The zero-order valence-electron chi connectivity index (χ0n) is 10.8. The standard InChI is InChI=1S/C11H18O7/c1-5-16-10(14)7(3)18-11(15)8(4)17-9(13)6(2)12/h6-8,12H,5H2,1-4H3/t6-,7-,8-/m0/s1. The normalized spacial score (nSPS) is 15.2. The zero-order valence-corrected chi connectivity index (χ0v) is 10.8. The Morgan fingerprint density at radius 3 is 1.83 bits per heavy atom. The molecule has 0 aromatic carbocycles. The molecule has 1 N–H and O–H groups in total. The molecule has 0 spiro atoms. The first-order valence-corrected chi connectivity index (χ1v) is 5.55. The largest absolute Gasteiger partial charge is 0.463 e. The van der Waals surface area contributed by atoms with Crippen LogP contribution in [0, 0.1) is 0 Å². The SMILES string of the molecule is CCOC(=O)[C@H](C)OC(=O)[C@H](C)OC(=O)[C@H](C)O. The van der Waals surface area contributed by atoms with Gasteiger partial charge in [-0.2, -0.15) is 0 Å². The van der Waals surface area contributed by atoms with Crippen molar-refractivity contribution in [3.8, 4) is 0 Å². The maximum Gasteiger partial charge on any atom is 0.347 e. The number of esters is 3. The van der Waals surface area contributed by atoms with Gasteiger partial charge in [-0.1, -0.05) is 0 Å². The van der Waals surface area contributed by atoms with Gasteiger partial charge in [-0.15, -0.1) is 0 Å². The second-order valence-corrected chi connectivity index (χ2v) is 3.59. The minimum Gasteiger partial charge on any atom is -0.463 e. The maximum absolute atomic E-state index is 11.4. The molecular weight excluding hydrogens is 244 g/mol. The van der Waals surface area contributed by atoms with Gasteiger partial charge in [0.2, 0.25) is 0 Å². The van der Waals surface area contributed by atoms with Crippen LogP contribution in [-0.2, 0) is 28.6 Å². The quantitative estimate of drug-likeness (QED) is 0.522. The van der Waals surface area contributed by atoms with Gasteiger partial charge in [0.05, 0.1) is 6.61 Å². The fraction of sp³-hybridized carbons (Fsp3) is 0.727. The molecule has 0 radical (unpaired) electrons. The Morgan fingerprint density at radius 1 is 0.944 bits per heavy atom. The van der Waals surface area contributed by atoms with Crippen molar-refractivity contribution in [2.75, 3.05) is 6.61 Å². The van der Waals surface area contributed by atoms with Crippen molar-refractivity contribution in [3.05, 3.63) is 0 Å². The number of hydrogen-bond donors (Lipinski definition) is 1. The minimum absolute atomic E-state index is 0.174. The van der Waals surface area contributed by atoms with Crippen LogP contribution in [0.15, 0.2) is 0 Å². The van der Waals surface area contributed by atoms with E-state index in [2.05, 4.69) is 9.47 Å². The highest BCUT2D eigenvalue weighted by molar-refractivity contribution is 5.83. The number of aliphatic hydroxyl groups is 1. The van der Waals surface area contributed by atoms with Crippen molar-refractivity contribution >= 4 is 17.9 Å². The third kappa shape index (κ3) is 5.62. The van der Waals surface area contributed by atoms with E-state index in [1.807, 2.05) is 0 Å². The van der Waals surface area contributed by atoms with E-state index < -0.39 is 36.2 Å². The Hall–Kier alpha value is -1.63. The molecular formula is C11H18O7. The summed E-state index contributed by atoms with van der Waals surface area (Å²) in [5, 5.41) is 8.89. The highest BCUT2D eigenvalue weighted by Gasteiger charge is 2.26. The summed E-state index contributed by atoms with van der Waals surface area (Å²) in [5.74, 6) is -2.51. The summed E-state index contributed by atoms with van der Waals surface area (Å²) in [6, 6.07) is 0. The van der Waals surface area contributed by atoms with Crippen molar-refractivity contribution in [1.29, 1.82) is 0 Å². The van der Waals surface area contributed by atoms with E-state index in [1.165, 1.54) is 20.8 Å². The molecule has 0 bridgehead atoms. The third-order valence-electron chi connectivity index (χ3n) is 1.88. The number of carbonyl (C=O) groups excluding carboxylic acids is 3. The van der Waals surface area contributed by atoms with E-state index in [-0.39, 0.29) is 6.61 Å². The van der Waals surface area contributed by atoms with Gasteiger partial charge in [0.1, 0.15) is 6.10 Å². The van der Waals surface area contributed by atoms with Crippen LogP contribution in [0.5, 0.6) is 0 Å².